The average Bonchev–Trinajstić information content (AvgIpc) is 2.42. The summed E-state index contributed by atoms with van der Waals surface area (Å²) >= 11 is 6.23. The van der Waals surface area contributed by atoms with Gasteiger partial charge >= 0.3 is 0 Å². The predicted octanol–water partition coefficient (Wildman–Crippen LogP) is 2.19. The Morgan fingerprint density at radius 2 is 2.11 bits per heavy atom. The second kappa shape index (κ2) is 6.98. The maximum atomic E-state index is 6.23. The van der Waals surface area contributed by atoms with Gasteiger partial charge in [-0.05, 0) is 37.1 Å². The summed E-state index contributed by atoms with van der Waals surface area (Å²) in [6.45, 7) is 5.71. The molecule has 1 saturated heterocycles. The molecule has 3 nitrogen and oxygen atoms in total. The fraction of sp³-hybridized carbons (Fsp3) is 0.571. The molecule has 18 heavy (non-hydrogen) atoms. The number of piperazine rings is 1. The Balaban J connectivity index is 1.79. The minimum Gasteiger partial charge on any atom is -0.497 e. The van der Waals surface area contributed by atoms with Gasteiger partial charge in [0, 0.05) is 31.2 Å². The molecule has 1 heterocycles. The smallest absolute Gasteiger partial charge is 0.120 e. The number of hydrogen-bond donors (Lipinski definition) is 1. The molecule has 4 heteroatoms. The van der Waals surface area contributed by atoms with E-state index in [0.29, 0.717) is 0 Å². The molecule has 1 aliphatic rings. The lowest BCUT2D eigenvalue weighted by Crippen LogP contribution is -2.43. The largest absolute Gasteiger partial charge is 0.497 e. The number of halogens is 1. The first-order chi connectivity index (χ1) is 8.79. The third-order valence-electron chi connectivity index (χ3n) is 3.39. The minimum absolute atomic E-state index is 0.815. The van der Waals surface area contributed by atoms with Crippen molar-refractivity contribution in [2.24, 2.45) is 0 Å². The first-order valence-corrected chi connectivity index (χ1v) is 6.93. The van der Waals surface area contributed by atoms with Gasteiger partial charge in [-0.15, -0.1) is 0 Å². The van der Waals surface area contributed by atoms with Gasteiger partial charge in [0.1, 0.15) is 5.75 Å². The van der Waals surface area contributed by atoms with Crippen LogP contribution in [-0.4, -0.2) is 44.7 Å². The molecule has 0 amide bonds. The highest BCUT2D eigenvalue weighted by molar-refractivity contribution is 6.31. The van der Waals surface area contributed by atoms with Crippen LogP contribution in [0.25, 0.3) is 0 Å². The molecule has 0 unspecified atom stereocenters. The van der Waals surface area contributed by atoms with Gasteiger partial charge in [0.15, 0.2) is 0 Å². The predicted molar refractivity (Wildman–Crippen MR) is 75.6 cm³/mol. The lowest BCUT2D eigenvalue weighted by atomic mass is 10.1. The Hall–Kier alpha value is -0.770. The maximum Gasteiger partial charge on any atom is 0.120 e. The molecule has 0 atom stereocenters. The number of hydrogen-bond acceptors (Lipinski definition) is 3. The van der Waals surface area contributed by atoms with Crippen LogP contribution in [0.4, 0.5) is 0 Å². The molecular formula is C14H21ClN2O. The van der Waals surface area contributed by atoms with E-state index in [2.05, 4.69) is 16.3 Å². The van der Waals surface area contributed by atoms with Crippen LogP contribution in [0.3, 0.4) is 0 Å². The van der Waals surface area contributed by atoms with Crippen LogP contribution in [0.1, 0.15) is 12.0 Å². The van der Waals surface area contributed by atoms with Crippen molar-refractivity contribution >= 4 is 11.6 Å². The number of rotatable bonds is 5. The first kappa shape index (κ1) is 13.7. The average molecular weight is 269 g/mol. The zero-order chi connectivity index (χ0) is 12.8. The van der Waals surface area contributed by atoms with Crippen molar-refractivity contribution < 1.29 is 4.74 Å². The summed E-state index contributed by atoms with van der Waals surface area (Å²) in [5, 5.41) is 4.18. The number of ether oxygens (including phenoxy) is 1. The molecule has 1 fully saturated rings. The number of methoxy groups -OCH3 is 1. The molecule has 100 valence electrons. The molecule has 0 saturated carbocycles. The van der Waals surface area contributed by atoms with E-state index in [-0.39, 0.29) is 0 Å². The summed E-state index contributed by atoms with van der Waals surface area (Å²) in [7, 11) is 1.66. The highest BCUT2D eigenvalue weighted by atomic mass is 35.5. The summed E-state index contributed by atoms with van der Waals surface area (Å²) in [6.07, 6.45) is 2.19. The minimum atomic E-state index is 0.815. The van der Waals surface area contributed by atoms with Crippen molar-refractivity contribution in [1.29, 1.82) is 0 Å². The summed E-state index contributed by atoms with van der Waals surface area (Å²) in [5.41, 5.74) is 1.22. The van der Waals surface area contributed by atoms with Crippen LogP contribution < -0.4 is 10.1 Å². The lowest BCUT2D eigenvalue weighted by Gasteiger charge is -2.27. The van der Waals surface area contributed by atoms with Crippen molar-refractivity contribution in [2.45, 2.75) is 12.8 Å². The summed E-state index contributed by atoms with van der Waals surface area (Å²) < 4.78 is 5.15. The first-order valence-electron chi connectivity index (χ1n) is 6.55. The van der Waals surface area contributed by atoms with E-state index in [4.69, 9.17) is 16.3 Å². The van der Waals surface area contributed by atoms with Gasteiger partial charge in [0.05, 0.1) is 7.11 Å². The van der Waals surface area contributed by atoms with Gasteiger partial charge in [0.25, 0.3) is 0 Å². The fourth-order valence-electron chi connectivity index (χ4n) is 2.29. The van der Waals surface area contributed by atoms with Crippen molar-refractivity contribution in [1.82, 2.24) is 10.2 Å². The van der Waals surface area contributed by atoms with E-state index in [9.17, 15) is 0 Å². The molecule has 1 aromatic rings. The number of aryl methyl sites for hydroxylation is 1. The number of nitrogens with zero attached hydrogens (tertiary/aromatic N) is 1. The molecule has 0 radical (unpaired) electrons. The Kier molecular flexibility index (Phi) is 5.29. The number of nitrogens with one attached hydrogen (secondary N) is 1. The van der Waals surface area contributed by atoms with Crippen LogP contribution in [0.15, 0.2) is 18.2 Å². The molecule has 0 aliphatic carbocycles. The third-order valence-corrected chi connectivity index (χ3v) is 3.74. The Morgan fingerprint density at radius 3 is 2.78 bits per heavy atom. The SMILES string of the molecule is COc1ccc(CCCN2CCNCC2)c(Cl)c1. The molecule has 1 N–H and O–H groups in total. The van der Waals surface area contributed by atoms with Crippen molar-refractivity contribution in [2.75, 3.05) is 39.8 Å². The van der Waals surface area contributed by atoms with E-state index < -0.39 is 0 Å². The Morgan fingerprint density at radius 1 is 1.33 bits per heavy atom. The van der Waals surface area contributed by atoms with Crippen LogP contribution in [-0.2, 0) is 6.42 Å². The normalized spacial score (nSPS) is 16.8. The topological polar surface area (TPSA) is 24.5 Å². The molecule has 1 aromatic carbocycles. The van der Waals surface area contributed by atoms with Crippen molar-refractivity contribution in [3.63, 3.8) is 0 Å². The molecule has 0 aromatic heterocycles. The fourth-order valence-corrected chi connectivity index (χ4v) is 2.55. The maximum absolute atomic E-state index is 6.23. The third kappa shape index (κ3) is 3.87. The van der Waals surface area contributed by atoms with Gasteiger partial charge in [-0.25, -0.2) is 0 Å². The zero-order valence-corrected chi connectivity index (χ0v) is 11.7. The molecular weight excluding hydrogens is 248 g/mol. The van der Waals surface area contributed by atoms with Crippen molar-refractivity contribution in [3.05, 3.63) is 28.8 Å². The van der Waals surface area contributed by atoms with Gasteiger partial charge in [0.2, 0.25) is 0 Å². The number of benzene rings is 1. The monoisotopic (exact) mass is 268 g/mol. The van der Waals surface area contributed by atoms with Gasteiger partial charge in [-0.2, -0.15) is 0 Å². The molecule has 0 spiro atoms. The second-order valence-corrected chi connectivity index (χ2v) is 5.06. The standard InChI is InChI=1S/C14H21ClN2O/c1-18-13-5-4-12(14(15)11-13)3-2-8-17-9-6-16-7-10-17/h4-5,11,16H,2-3,6-10H2,1H3. The lowest BCUT2D eigenvalue weighted by molar-refractivity contribution is 0.238. The Bertz CT molecular complexity index is 378. The zero-order valence-electron chi connectivity index (χ0n) is 10.9. The quantitative estimate of drug-likeness (QED) is 0.886. The molecule has 2 rings (SSSR count). The van der Waals surface area contributed by atoms with Crippen LogP contribution in [0.2, 0.25) is 5.02 Å². The van der Waals surface area contributed by atoms with Gasteiger partial charge in [-0.1, -0.05) is 17.7 Å². The van der Waals surface area contributed by atoms with E-state index in [1.807, 2.05) is 12.1 Å². The molecule has 0 bridgehead atoms. The molecule has 1 aliphatic heterocycles. The van der Waals surface area contributed by atoms with E-state index in [0.717, 1.165) is 56.3 Å². The highest BCUT2D eigenvalue weighted by Crippen LogP contribution is 2.23. The van der Waals surface area contributed by atoms with E-state index in [1.165, 1.54) is 5.56 Å². The van der Waals surface area contributed by atoms with Gasteiger partial charge < -0.3 is 15.0 Å². The summed E-state index contributed by atoms with van der Waals surface area (Å²) in [4.78, 5) is 2.51. The van der Waals surface area contributed by atoms with E-state index in [1.54, 1.807) is 7.11 Å². The summed E-state index contributed by atoms with van der Waals surface area (Å²) in [6, 6.07) is 5.94. The summed E-state index contributed by atoms with van der Waals surface area (Å²) in [5.74, 6) is 0.825. The second-order valence-electron chi connectivity index (χ2n) is 4.65. The van der Waals surface area contributed by atoms with Crippen molar-refractivity contribution in [3.8, 4) is 5.75 Å². The Labute approximate surface area is 114 Å². The van der Waals surface area contributed by atoms with E-state index >= 15 is 0 Å². The van der Waals surface area contributed by atoms with Crippen LogP contribution >= 0.6 is 11.6 Å². The van der Waals surface area contributed by atoms with Crippen LogP contribution in [0.5, 0.6) is 5.75 Å². The van der Waals surface area contributed by atoms with Gasteiger partial charge in [-0.3, -0.25) is 0 Å². The highest BCUT2D eigenvalue weighted by Gasteiger charge is 2.09. The van der Waals surface area contributed by atoms with Crippen LogP contribution in [0, 0.1) is 0 Å².